The zero-order chi connectivity index (χ0) is 18.1. The highest BCUT2D eigenvalue weighted by Gasteiger charge is 2.22. The lowest BCUT2D eigenvalue weighted by atomic mass is 10.0. The van der Waals surface area contributed by atoms with Crippen molar-refractivity contribution in [3.05, 3.63) is 58.1 Å². The molecule has 0 aliphatic rings. The molecule has 24 heavy (non-hydrogen) atoms. The topological polar surface area (TPSA) is 55.4 Å². The first-order valence-corrected chi connectivity index (χ1v) is 9.38. The van der Waals surface area contributed by atoms with Crippen LogP contribution >= 0.6 is 0 Å². The molecule has 0 heterocycles. The average Bonchev–Trinajstić information content (AvgIpc) is 2.51. The van der Waals surface area contributed by atoms with Crippen LogP contribution in [0.25, 0.3) is 0 Å². The molecule has 2 rings (SSSR count). The van der Waals surface area contributed by atoms with Crippen LogP contribution in [0.3, 0.4) is 0 Å². The van der Waals surface area contributed by atoms with E-state index in [1.54, 1.807) is 26.2 Å². The number of aryl methyl sites for hydroxylation is 4. The molecule has 0 bridgehead atoms. The van der Waals surface area contributed by atoms with Gasteiger partial charge in [-0.25, -0.2) is 13.1 Å². The summed E-state index contributed by atoms with van der Waals surface area (Å²) >= 11 is 0. The fraction of sp³-hybridized carbons (Fsp3) is 0.368. The molecule has 0 amide bonds. The Balaban J connectivity index is 2.34. The summed E-state index contributed by atoms with van der Waals surface area (Å²) in [6.45, 7) is 9.53. The molecular weight excluding hydrogens is 322 g/mol. The Morgan fingerprint density at radius 1 is 0.917 bits per heavy atom. The minimum atomic E-state index is -3.61. The molecule has 5 heteroatoms. The van der Waals surface area contributed by atoms with Crippen molar-refractivity contribution in [1.29, 1.82) is 0 Å². The number of sulfonamides is 1. The molecule has 1 atom stereocenters. The molecule has 0 saturated heterocycles. The number of ether oxygens (including phenoxy) is 1. The van der Waals surface area contributed by atoms with Gasteiger partial charge in [-0.05, 0) is 74.6 Å². The summed E-state index contributed by atoms with van der Waals surface area (Å²) in [7, 11) is -2.03. The summed E-state index contributed by atoms with van der Waals surface area (Å²) in [5.74, 6) is 0.689. The van der Waals surface area contributed by atoms with Crippen molar-refractivity contribution in [2.45, 2.75) is 45.6 Å². The van der Waals surface area contributed by atoms with Crippen LogP contribution in [-0.2, 0) is 10.0 Å². The second-order valence-electron chi connectivity index (χ2n) is 6.27. The fourth-order valence-electron chi connectivity index (χ4n) is 2.67. The molecule has 0 radical (unpaired) electrons. The van der Waals surface area contributed by atoms with Crippen molar-refractivity contribution in [3.8, 4) is 5.75 Å². The third kappa shape index (κ3) is 3.79. The zero-order valence-corrected chi connectivity index (χ0v) is 15.9. The monoisotopic (exact) mass is 347 g/mol. The van der Waals surface area contributed by atoms with Gasteiger partial charge in [0, 0.05) is 6.04 Å². The van der Waals surface area contributed by atoms with Crippen molar-refractivity contribution in [2.75, 3.05) is 7.11 Å². The van der Waals surface area contributed by atoms with E-state index in [-0.39, 0.29) is 10.9 Å². The van der Waals surface area contributed by atoms with Crippen LogP contribution in [0.4, 0.5) is 0 Å². The van der Waals surface area contributed by atoms with Crippen molar-refractivity contribution >= 4 is 10.0 Å². The molecule has 2 aromatic carbocycles. The van der Waals surface area contributed by atoms with E-state index in [1.165, 1.54) is 5.56 Å². The van der Waals surface area contributed by atoms with Crippen LogP contribution in [-0.4, -0.2) is 15.5 Å². The predicted molar refractivity (Wildman–Crippen MR) is 97.1 cm³/mol. The van der Waals surface area contributed by atoms with Gasteiger partial charge in [0.2, 0.25) is 10.0 Å². The summed E-state index contributed by atoms with van der Waals surface area (Å²) in [5.41, 5.74) is 4.74. The maximum absolute atomic E-state index is 12.8. The summed E-state index contributed by atoms with van der Waals surface area (Å²) < 4.78 is 33.6. The molecule has 0 saturated carbocycles. The first-order chi connectivity index (χ1) is 11.2. The first-order valence-electron chi connectivity index (χ1n) is 7.90. The van der Waals surface area contributed by atoms with Crippen molar-refractivity contribution in [2.24, 2.45) is 0 Å². The van der Waals surface area contributed by atoms with E-state index in [0.29, 0.717) is 11.3 Å². The Morgan fingerprint density at radius 2 is 1.58 bits per heavy atom. The van der Waals surface area contributed by atoms with Gasteiger partial charge in [0.25, 0.3) is 0 Å². The SMILES string of the molecule is COc1cc(C)c(S(=O)(=O)NC(C)c2ccc(C)c(C)c2)cc1C. The van der Waals surface area contributed by atoms with Gasteiger partial charge in [-0.15, -0.1) is 0 Å². The Bertz CT molecular complexity index is 857. The summed E-state index contributed by atoms with van der Waals surface area (Å²) in [6, 6.07) is 9.10. The summed E-state index contributed by atoms with van der Waals surface area (Å²) in [6.07, 6.45) is 0. The van der Waals surface area contributed by atoms with Crippen molar-refractivity contribution in [3.63, 3.8) is 0 Å². The van der Waals surface area contributed by atoms with E-state index in [1.807, 2.05) is 45.9 Å². The van der Waals surface area contributed by atoms with Crippen molar-refractivity contribution in [1.82, 2.24) is 4.72 Å². The van der Waals surface area contributed by atoms with E-state index in [4.69, 9.17) is 4.74 Å². The van der Waals surface area contributed by atoms with E-state index >= 15 is 0 Å². The Hall–Kier alpha value is -1.85. The second kappa shape index (κ2) is 6.95. The molecule has 2 aromatic rings. The molecule has 0 aliphatic heterocycles. The normalized spacial score (nSPS) is 12.9. The van der Waals surface area contributed by atoms with Crippen LogP contribution < -0.4 is 9.46 Å². The predicted octanol–water partition coefficient (Wildman–Crippen LogP) is 3.97. The molecule has 0 fully saturated rings. The van der Waals surface area contributed by atoms with Crippen LogP contribution in [0.15, 0.2) is 35.2 Å². The van der Waals surface area contributed by atoms with Crippen LogP contribution in [0, 0.1) is 27.7 Å². The van der Waals surface area contributed by atoms with Crippen LogP contribution in [0.2, 0.25) is 0 Å². The van der Waals surface area contributed by atoms with Gasteiger partial charge >= 0.3 is 0 Å². The maximum Gasteiger partial charge on any atom is 0.241 e. The highest BCUT2D eigenvalue weighted by atomic mass is 32.2. The summed E-state index contributed by atoms with van der Waals surface area (Å²) in [4.78, 5) is 0.288. The molecule has 130 valence electrons. The van der Waals surface area contributed by atoms with E-state index in [2.05, 4.69) is 4.72 Å². The highest BCUT2D eigenvalue weighted by Crippen LogP contribution is 2.27. The largest absolute Gasteiger partial charge is 0.496 e. The van der Waals surface area contributed by atoms with Gasteiger partial charge in [-0.1, -0.05) is 18.2 Å². The average molecular weight is 347 g/mol. The number of nitrogens with one attached hydrogen (secondary N) is 1. The van der Waals surface area contributed by atoms with Gasteiger partial charge < -0.3 is 4.74 Å². The standard InChI is InChI=1S/C19H25NO3S/c1-12-7-8-17(9-13(12)2)16(5)20-24(21,22)19-11-14(3)18(23-6)10-15(19)4/h7-11,16,20H,1-6H3. The lowest BCUT2D eigenvalue weighted by Crippen LogP contribution is -2.27. The summed E-state index contributed by atoms with van der Waals surface area (Å²) in [5, 5.41) is 0. The van der Waals surface area contributed by atoms with E-state index in [0.717, 1.165) is 16.7 Å². The fourth-order valence-corrected chi connectivity index (χ4v) is 4.21. The van der Waals surface area contributed by atoms with Crippen LogP contribution in [0.1, 0.15) is 40.8 Å². The molecule has 0 spiro atoms. The molecule has 1 N–H and O–H groups in total. The second-order valence-corrected chi connectivity index (χ2v) is 7.96. The minimum absolute atomic E-state index is 0.288. The first kappa shape index (κ1) is 18.5. The molecule has 4 nitrogen and oxygen atoms in total. The minimum Gasteiger partial charge on any atom is -0.496 e. The smallest absolute Gasteiger partial charge is 0.241 e. The van der Waals surface area contributed by atoms with Gasteiger partial charge in [0.15, 0.2) is 0 Å². The highest BCUT2D eigenvalue weighted by molar-refractivity contribution is 7.89. The lowest BCUT2D eigenvalue weighted by Gasteiger charge is -2.18. The van der Waals surface area contributed by atoms with E-state index < -0.39 is 10.0 Å². The Morgan fingerprint density at radius 3 is 2.17 bits per heavy atom. The Kier molecular flexibility index (Phi) is 5.35. The zero-order valence-electron chi connectivity index (χ0n) is 15.1. The van der Waals surface area contributed by atoms with Crippen LogP contribution in [0.5, 0.6) is 5.75 Å². The molecule has 1 unspecified atom stereocenters. The van der Waals surface area contributed by atoms with Gasteiger partial charge in [-0.3, -0.25) is 0 Å². The Labute approximate surface area is 144 Å². The van der Waals surface area contributed by atoms with Gasteiger partial charge in [0.05, 0.1) is 12.0 Å². The van der Waals surface area contributed by atoms with Gasteiger partial charge in [0.1, 0.15) is 5.75 Å². The lowest BCUT2D eigenvalue weighted by molar-refractivity contribution is 0.411. The number of methoxy groups -OCH3 is 1. The molecule has 0 aromatic heterocycles. The van der Waals surface area contributed by atoms with E-state index in [9.17, 15) is 8.42 Å². The number of rotatable bonds is 5. The number of hydrogen-bond acceptors (Lipinski definition) is 3. The number of hydrogen-bond donors (Lipinski definition) is 1. The molecule has 0 aliphatic carbocycles. The van der Waals surface area contributed by atoms with Gasteiger partial charge in [-0.2, -0.15) is 0 Å². The third-order valence-electron chi connectivity index (χ3n) is 4.34. The third-order valence-corrected chi connectivity index (χ3v) is 6.03. The maximum atomic E-state index is 12.8. The molecular formula is C19H25NO3S. The quantitative estimate of drug-likeness (QED) is 0.890. The van der Waals surface area contributed by atoms with Crippen molar-refractivity contribution < 1.29 is 13.2 Å². The number of benzene rings is 2.